The van der Waals surface area contributed by atoms with Gasteiger partial charge in [-0.05, 0) is 37.5 Å². The Morgan fingerprint density at radius 1 is 1.00 bits per heavy atom. The zero-order valence-corrected chi connectivity index (χ0v) is 22.7. The van der Waals surface area contributed by atoms with Crippen LogP contribution < -0.4 is 16.0 Å². The molecule has 0 heterocycles. The summed E-state index contributed by atoms with van der Waals surface area (Å²) in [5.74, 6) is -1.97. The molecule has 0 aromatic heterocycles. The Kier molecular flexibility index (Phi) is 12.0. The molecule has 2 aromatic rings. The molecule has 0 radical (unpaired) electrons. The fourth-order valence-corrected chi connectivity index (χ4v) is 4.64. The maximum absolute atomic E-state index is 13.3. The summed E-state index contributed by atoms with van der Waals surface area (Å²) >= 11 is 0. The number of carbonyl (C=O) groups excluding carboxylic acids is 4. The molecular formula is C30H39N3O6. The number of carbonyl (C=O) groups is 4. The van der Waals surface area contributed by atoms with Gasteiger partial charge in [0.2, 0.25) is 5.91 Å². The summed E-state index contributed by atoms with van der Waals surface area (Å²) in [6.45, 7) is 2.82. The van der Waals surface area contributed by atoms with E-state index in [1.165, 1.54) is 0 Å². The number of nitrogens with one attached hydrogen (secondary N) is 3. The van der Waals surface area contributed by atoms with Crippen LogP contribution in [0, 0.1) is 5.92 Å². The van der Waals surface area contributed by atoms with Gasteiger partial charge in [-0.15, -0.1) is 0 Å². The summed E-state index contributed by atoms with van der Waals surface area (Å²) in [5.41, 5.74) is 1.71. The van der Waals surface area contributed by atoms with Crippen molar-refractivity contribution in [3.63, 3.8) is 0 Å². The van der Waals surface area contributed by atoms with E-state index < -0.39 is 24.0 Å². The number of ketones is 1. The highest BCUT2D eigenvalue weighted by Crippen LogP contribution is 2.27. The minimum absolute atomic E-state index is 0.275. The molecule has 1 saturated carbocycles. The normalized spacial score (nSPS) is 17.2. The maximum atomic E-state index is 13.3. The van der Waals surface area contributed by atoms with Gasteiger partial charge in [0, 0.05) is 36.5 Å². The number of anilines is 1. The molecule has 210 valence electrons. The van der Waals surface area contributed by atoms with Crippen LogP contribution in [-0.2, 0) is 19.1 Å². The van der Waals surface area contributed by atoms with E-state index in [1.54, 1.807) is 49.6 Å². The topological polar surface area (TPSA) is 123 Å². The van der Waals surface area contributed by atoms with E-state index in [0.29, 0.717) is 43.5 Å². The molecule has 1 aliphatic rings. The third-order valence-corrected chi connectivity index (χ3v) is 6.82. The average Bonchev–Trinajstić information content (AvgIpc) is 3.42. The van der Waals surface area contributed by atoms with Crippen LogP contribution in [0.5, 0.6) is 0 Å². The van der Waals surface area contributed by atoms with Gasteiger partial charge in [-0.25, -0.2) is 0 Å². The summed E-state index contributed by atoms with van der Waals surface area (Å²) in [5, 5.41) is 9.04. The molecule has 1 fully saturated rings. The lowest BCUT2D eigenvalue weighted by molar-refractivity contribution is -0.148. The predicted molar refractivity (Wildman–Crippen MR) is 149 cm³/mol. The second-order valence-electron chi connectivity index (χ2n) is 9.72. The van der Waals surface area contributed by atoms with Crippen molar-refractivity contribution in [1.29, 1.82) is 0 Å². The van der Waals surface area contributed by atoms with Crippen LogP contribution in [-0.4, -0.2) is 62.5 Å². The van der Waals surface area contributed by atoms with Gasteiger partial charge in [0.25, 0.3) is 5.91 Å². The van der Waals surface area contributed by atoms with Crippen molar-refractivity contribution >= 4 is 29.3 Å². The third-order valence-electron chi connectivity index (χ3n) is 6.82. The van der Waals surface area contributed by atoms with Crippen LogP contribution >= 0.6 is 0 Å². The lowest BCUT2D eigenvalue weighted by Gasteiger charge is -2.24. The summed E-state index contributed by atoms with van der Waals surface area (Å²) in [4.78, 5) is 51.4. The largest absolute Gasteiger partial charge is 0.457 e. The Morgan fingerprint density at radius 2 is 1.77 bits per heavy atom. The zero-order valence-electron chi connectivity index (χ0n) is 22.7. The monoisotopic (exact) mass is 537 g/mol. The second-order valence-corrected chi connectivity index (χ2v) is 9.72. The molecule has 0 saturated heterocycles. The minimum Gasteiger partial charge on any atom is -0.457 e. The highest BCUT2D eigenvalue weighted by atomic mass is 16.5. The first kappa shape index (κ1) is 29.8. The highest BCUT2D eigenvalue weighted by Gasteiger charge is 2.36. The van der Waals surface area contributed by atoms with E-state index >= 15 is 0 Å². The molecule has 3 rings (SSSR count). The average molecular weight is 538 g/mol. The number of hydrogen-bond acceptors (Lipinski definition) is 7. The number of unbranched alkanes of at least 4 members (excludes halogenated alkanes) is 1. The zero-order chi connectivity index (χ0) is 28.0. The van der Waals surface area contributed by atoms with Crippen molar-refractivity contribution < 1.29 is 28.7 Å². The Balaban J connectivity index is 1.58. The first-order valence-electron chi connectivity index (χ1n) is 13.6. The molecular weight excluding hydrogens is 498 g/mol. The van der Waals surface area contributed by atoms with Gasteiger partial charge in [-0.1, -0.05) is 62.6 Å². The highest BCUT2D eigenvalue weighted by molar-refractivity contribution is 5.99. The Hall–Kier alpha value is -3.72. The molecule has 0 aliphatic heterocycles. The minimum atomic E-state index is -0.737. The van der Waals surface area contributed by atoms with Crippen molar-refractivity contribution in [2.75, 3.05) is 32.2 Å². The molecule has 3 N–H and O–H groups in total. The first-order valence-corrected chi connectivity index (χ1v) is 13.6. The van der Waals surface area contributed by atoms with Crippen molar-refractivity contribution in [3.05, 3.63) is 65.7 Å². The lowest BCUT2D eigenvalue weighted by atomic mass is 10.0. The smallest absolute Gasteiger partial charge is 0.311 e. The Bertz CT molecular complexity index is 1110. The number of Topliss-reactive ketones (excluding diaryl/α,β-unsaturated/α-hetero) is 1. The van der Waals surface area contributed by atoms with E-state index in [0.717, 1.165) is 24.9 Å². The van der Waals surface area contributed by atoms with E-state index in [1.807, 2.05) is 19.1 Å². The maximum Gasteiger partial charge on any atom is 0.311 e. The van der Waals surface area contributed by atoms with Crippen molar-refractivity contribution in [3.8, 4) is 0 Å². The SMILES string of the molecule is CCCC[C@H](NC(=O)c1cccc(NCCOC)c1)C(=O)N[C@H]1CCC[C@H]1C(=O)OCC(=O)c1ccccc1. The molecule has 9 heteroatoms. The van der Waals surface area contributed by atoms with Crippen LogP contribution in [0.3, 0.4) is 0 Å². The summed E-state index contributed by atoms with van der Waals surface area (Å²) < 4.78 is 10.4. The number of rotatable bonds is 15. The molecule has 0 unspecified atom stereocenters. The summed E-state index contributed by atoms with van der Waals surface area (Å²) in [6.07, 6.45) is 4.06. The molecule has 39 heavy (non-hydrogen) atoms. The number of hydrogen-bond donors (Lipinski definition) is 3. The van der Waals surface area contributed by atoms with E-state index in [9.17, 15) is 19.2 Å². The number of ether oxygens (including phenoxy) is 2. The second kappa shape index (κ2) is 15.6. The van der Waals surface area contributed by atoms with Crippen LogP contribution in [0.1, 0.15) is 66.2 Å². The Morgan fingerprint density at radius 3 is 2.51 bits per heavy atom. The number of methoxy groups -OCH3 is 1. The van der Waals surface area contributed by atoms with E-state index in [2.05, 4.69) is 16.0 Å². The number of amides is 2. The number of esters is 1. The van der Waals surface area contributed by atoms with Gasteiger partial charge in [-0.3, -0.25) is 19.2 Å². The molecule has 2 amide bonds. The molecule has 3 atom stereocenters. The van der Waals surface area contributed by atoms with Gasteiger partial charge < -0.3 is 25.4 Å². The van der Waals surface area contributed by atoms with Crippen molar-refractivity contribution in [2.24, 2.45) is 5.92 Å². The number of benzene rings is 2. The predicted octanol–water partition coefficient (Wildman–Crippen LogP) is 3.74. The lowest BCUT2D eigenvalue weighted by Crippen LogP contribution is -2.51. The molecule has 9 nitrogen and oxygen atoms in total. The first-order chi connectivity index (χ1) is 18.9. The van der Waals surface area contributed by atoms with Gasteiger partial charge in [0.1, 0.15) is 6.04 Å². The summed E-state index contributed by atoms with van der Waals surface area (Å²) in [6, 6.07) is 14.6. The fraction of sp³-hybridized carbons (Fsp3) is 0.467. The van der Waals surface area contributed by atoms with E-state index in [4.69, 9.17) is 9.47 Å². The fourth-order valence-electron chi connectivity index (χ4n) is 4.64. The van der Waals surface area contributed by atoms with Gasteiger partial charge in [0.15, 0.2) is 12.4 Å². The van der Waals surface area contributed by atoms with Crippen LogP contribution in [0.2, 0.25) is 0 Å². The molecule has 1 aliphatic carbocycles. The van der Waals surface area contributed by atoms with Gasteiger partial charge in [-0.2, -0.15) is 0 Å². The van der Waals surface area contributed by atoms with Crippen molar-refractivity contribution in [2.45, 2.75) is 57.5 Å². The van der Waals surface area contributed by atoms with Gasteiger partial charge in [0.05, 0.1) is 12.5 Å². The Labute approximate surface area is 230 Å². The van der Waals surface area contributed by atoms with Gasteiger partial charge >= 0.3 is 5.97 Å². The molecule has 0 bridgehead atoms. The molecule has 0 spiro atoms. The standard InChI is InChI=1S/C30H39N3O6/c1-3-4-15-26(33-28(35)22-12-8-13-23(19-22)31-17-18-38-2)29(36)32-25-16-9-14-24(25)30(37)39-20-27(34)21-10-6-5-7-11-21/h5-8,10-13,19,24-26,31H,3-4,9,14-18,20H2,1-2H3,(H,32,36)(H,33,35)/t24-,25+,26+/m1/s1. The third kappa shape index (κ3) is 9.21. The molecule has 2 aromatic carbocycles. The van der Waals surface area contributed by atoms with Crippen LogP contribution in [0.25, 0.3) is 0 Å². The quantitative estimate of drug-likeness (QED) is 0.180. The van der Waals surface area contributed by atoms with Crippen LogP contribution in [0.15, 0.2) is 54.6 Å². The van der Waals surface area contributed by atoms with E-state index in [-0.39, 0.29) is 24.2 Å². The van der Waals surface area contributed by atoms with Crippen LogP contribution in [0.4, 0.5) is 5.69 Å². The summed E-state index contributed by atoms with van der Waals surface area (Å²) in [7, 11) is 1.62. The van der Waals surface area contributed by atoms with Crippen molar-refractivity contribution in [1.82, 2.24) is 10.6 Å².